The Bertz CT molecular complexity index is 401. The van der Waals surface area contributed by atoms with E-state index in [1.54, 1.807) is 0 Å². The predicted molar refractivity (Wildman–Crippen MR) is 66.2 cm³/mol. The third-order valence-corrected chi connectivity index (χ3v) is 3.80. The molecular weight excluding hydrogens is 240 g/mol. The maximum Gasteiger partial charge on any atom is 0.277 e. The second kappa shape index (κ2) is 5.44. The molecule has 1 aliphatic heterocycles. The number of hydrazine groups is 1. The molecule has 1 aromatic heterocycles. The van der Waals surface area contributed by atoms with E-state index in [-0.39, 0.29) is 5.91 Å². The molecule has 1 aromatic rings. The van der Waals surface area contributed by atoms with Gasteiger partial charge < -0.3 is 9.64 Å². The maximum atomic E-state index is 11.6. The summed E-state index contributed by atoms with van der Waals surface area (Å²) in [7, 11) is 0. The Hall–Kier alpha value is -1.18. The van der Waals surface area contributed by atoms with Crippen LogP contribution < -0.4 is 16.2 Å². The topological polar surface area (TPSA) is 80.5 Å². The van der Waals surface area contributed by atoms with Crippen LogP contribution in [0.1, 0.15) is 22.3 Å². The van der Waals surface area contributed by atoms with Crippen LogP contribution in [0, 0.1) is 0 Å². The number of carbonyl (C=O) groups excluding carboxylic acids is 1. The zero-order valence-corrected chi connectivity index (χ0v) is 10.5. The van der Waals surface area contributed by atoms with Crippen molar-refractivity contribution in [1.29, 1.82) is 0 Å². The summed E-state index contributed by atoms with van der Waals surface area (Å²) in [6, 6.07) is 0. The second-order valence-electron chi connectivity index (χ2n) is 3.70. The smallest absolute Gasteiger partial charge is 0.277 e. The van der Waals surface area contributed by atoms with Crippen LogP contribution in [0.15, 0.2) is 0 Å². The molecule has 2 rings (SSSR count). The molecule has 0 unspecified atom stereocenters. The first-order chi connectivity index (χ1) is 8.26. The van der Waals surface area contributed by atoms with Gasteiger partial charge in [-0.1, -0.05) is 18.3 Å². The van der Waals surface area contributed by atoms with Crippen LogP contribution in [0.5, 0.6) is 0 Å². The number of morpholine rings is 1. The highest BCUT2D eigenvalue weighted by molar-refractivity contribution is 7.17. The summed E-state index contributed by atoms with van der Waals surface area (Å²) in [5.41, 5.74) is 2.97. The molecule has 7 heteroatoms. The Morgan fingerprint density at radius 1 is 1.59 bits per heavy atom. The van der Waals surface area contributed by atoms with Crippen molar-refractivity contribution < 1.29 is 9.53 Å². The molecule has 17 heavy (non-hydrogen) atoms. The van der Waals surface area contributed by atoms with Crippen molar-refractivity contribution in [1.82, 2.24) is 10.4 Å². The van der Waals surface area contributed by atoms with Crippen LogP contribution in [-0.4, -0.2) is 37.2 Å². The first-order valence-corrected chi connectivity index (χ1v) is 6.41. The highest BCUT2D eigenvalue weighted by Crippen LogP contribution is 2.27. The molecular formula is C10H16N4O2S. The normalized spacial score (nSPS) is 16.0. The SMILES string of the molecule is CCc1nc(N2CCOCC2)sc1C(=O)NN. The van der Waals surface area contributed by atoms with Crippen LogP contribution >= 0.6 is 11.3 Å². The standard InChI is InChI=1S/C10H16N4O2S/c1-2-7-8(9(15)13-11)17-10(12-7)14-3-5-16-6-4-14/h2-6,11H2,1H3,(H,13,15). The number of nitrogen functional groups attached to an aromatic ring is 1. The largest absolute Gasteiger partial charge is 0.378 e. The van der Waals surface area contributed by atoms with E-state index in [0.29, 0.717) is 18.1 Å². The molecule has 1 saturated heterocycles. The minimum atomic E-state index is -0.265. The summed E-state index contributed by atoms with van der Waals surface area (Å²) in [5.74, 6) is 4.90. The molecule has 0 saturated carbocycles. The Kier molecular flexibility index (Phi) is 3.93. The number of nitrogens with two attached hydrogens (primary N) is 1. The number of aromatic nitrogens is 1. The highest BCUT2D eigenvalue weighted by Gasteiger charge is 2.20. The molecule has 6 nitrogen and oxygen atoms in total. The van der Waals surface area contributed by atoms with E-state index in [9.17, 15) is 4.79 Å². The van der Waals surface area contributed by atoms with Crippen LogP contribution in [0.4, 0.5) is 5.13 Å². The fourth-order valence-corrected chi connectivity index (χ4v) is 2.82. The predicted octanol–water partition coefficient (Wildman–Crippen LogP) is 0.146. The van der Waals surface area contributed by atoms with Gasteiger partial charge in [0, 0.05) is 13.1 Å². The molecule has 2 heterocycles. The van der Waals surface area contributed by atoms with Crippen LogP contribution in [0.2, 0.25) is 0 Å². The number of rotatable bonds is 3. The number of hydrogen-bond acceptors (Lipinski definition) is 6. The number of nitrogens with zero attached hydrogens (tertiary/aromatic N) is 2. The Balaban J connectivity index is 2.23. The summed E-state index contributed by atoms with van der Waals surface area (Å²) in [5, 5.41) is 0.878. The lowest BCUT2D eigenvalue weighted by atomic mass is 10.3. The fourth-order valence-electron chi connectivity index (χ4n) is 1.71. The van der Waals surface area contributed by atoms with Crippen molar-refractivity contribution in [2.45, 2.75) is 13.3 Å². The van der Waals surface area contributed by atoms with Crippen LogP contribution in [0.3, 0.4) is 0 Å². The maximum absolute atomic E-state index is 11.6. The van der Waals surface area contributed by atoms with Gasteiger partial charge in [-0.3, -0.25) is 10.2 Å². The van der Waals surface area contributed by atoms with Gasteiger partial charge in [0.25, 0.3) is 5.91 Å². The van der Waals surface area contributed by atoms with Crippen molar-refractivity contribution >= 4 is 22.4 Å². The molecule has 94 valence electrons. The first kappa shape index (κ1) is 12.3. The molecule has 1 amide bonds. The Morgan fingerprint density at radius 3 is 2.88 bits per heavy atom. The van der Waals surface area contributed by atoms with E-state index in [1.807, 2.05) is 6.92 Å². The molecule has 0 atom stereocenters. The number of carbonyl (C=O) groups is 1. The average Bonchev–Trinajstić information content (AvgIpc) is 2.83. The van der Waals surface area contributed by atoms with Crippen molar-refractivity contribution in [2.24, 2.45) is 5.84 Å². The van der Waals surface area contributed by atoms with Gasteiger partial charge in [0.1, 0.15) is 4.88 Å². The third-order valence-electron chi connectivity index (χ3n) is 2.64. The lowest BCUT2D eigenvalue weighted by molar-refractivity contribution is 0.0956. The van der Waals surface area contributed by atoms with E-state index in [1.165, 1.54) is 11.3 Å². The quantitative estimate of drug-likeness (QED) is 0.457. The zero-order valence-electron chi connectivity index (χ0n) is 9.73. The van der Waals surface area contributed by atoms with Gasteiger partial charge in [-0.05, 0) is 6.42 Å². The minimum Gasteiger partial charge on any atom is -0.378 e. The lowest BCUT2D eigenvalue weighted by Crippen LogP contribution is -2.36. The highest BCUT2D eigenvalue weighted by atomic mass is 32.1. The summed E-state index contributed by atoms with van der Waals surface area (Å²) in [6.07, 6.45) is 0.726. The van der Waals surface area contributed by atoms with Crippen molar-refractivity contribution in [3.05, 3.63) is 10.6 Å². The number of anilines is 1. The van der Waals surface area contributed by atoms with E-state index < -0.39 is 0 Å². The van der Waals surface area contributed by atoms with Gasteiger partial charge in [0.15, 0.2) is 5.13 Å². The summed E-state index contributed by atoms with van der Waals surface area (Å²) in [4.78, 5) is 18.8. The molecule has 0 aliphatic carbocycles. The first-order valence-electron chi connectivity index (χ1n) is 5.59. The van der Waals surface area contributed by atoms with E-state index >= 15 is 0 Å². The summed E-state index contributed by atoms with van der Waals surface area (Å²) < 4.78 is 5.29. The van der Waals surface area contributed by atoms with Gasteiger partial charge in [0.05, 0.1) is 18.9 Å². The fraction of sp³-hybridized carbons (Fsp3) is 0.600. The van der Waals surface area contributed by atoms with Gasteiger partial charge in [-0.2, -0.15) is 0 Å². The van der Waals surface area contributed by atoms with Gasteiger partial charge in [-0.15, -0.1) is 0 Å². The number of amides is 1. The lowest BCUT2D eigenvalue weighted by Gasteiger charge is -2.26. The molecule has 1 fully saturated rings. The molecule has 3 N–H and O–H groups in total. The van der Waals surface area contributed by atoms with E-state index in [0.717, 1.165) is 30.3 Å². The van der Waals surface area contributed by atoms with Gasteiger partial charge >= 0.3 is 0 Å². The van der Waals surface area contributed by atoms with Crippen LogP contribution in [0.25, 0.3) is 0 Å². The number of nitrogens with one attached hydrogen (secondary N) is 1. The third kappa shape index (κ3) is 2.56. The van der Waals surface area contributed by atoms with Gasteiger partial charge in [0.2, 0.25) is 0 Å². The van der Waals surface area contributed by atoms with Crippen molar-refractivity contribution in [3.8, 4) is 0 Å². The molecule has 0 aromatic carbocycles. The Labute approximate surface area is 104 Å². The van der Waals surface area contributed by atoms with E-state index in [2.05, 4.69) is 15.3 Å². The molecule has 0 spiro atoms. The van der Waals surface area contributed by atoms with Crippen molar-refractivity contribution in [3.63, 3.8) is 0 Å². The van der Waals surface area contributed by atoms with Crippen molar-refractivity contribution in [2.75, 3.05) is 31.2 Å². The zero-order chi connectivity index (χ0) is 12.3. The van der Waals surface area contributed by atoms with Gasteiger partial charge in [-0.25, -0.2) is 10.8 Å². The number of ether oxygens (including phenoxy) is 1. The summed E-state index contributed by atoms with van der Waals surface area (Å²) >= 11 is 1.39. The van der Waals surface area contributed by atoms with Crippen LogP contribution in [-0.2, 0) is 11.2 Å². The second-order valence-corrected chi connectivity index (χ2v) is 4.68. The average molecular weight is 256 g/mol. The monoisotopic (exact) mass is 256 g/mol. The van der Waals surface area contributed by atoms with E-state index in [4.69, 9.17) is 10.6 Å². The number of aryl methyl sites for hydroxylation is 1. The molecule has 1 aliphatic rings. The molecule has 0 bridgehead atoms. The summed E-state index contributed by atoms with van der Waals surface area (Å²) in [6.45, 7) is 5.03. The molecule has 0 radical (unpaired) electrons. The number of hydrogen-bond donors (Lipinski definition) is 2. The Morgan fingerprint density at radius 2 is 2.29 bits per heavy atom. The minimum absolute atomic E-state index is 0.265. The number of thiazole rings is 1.